The second-order valence-corrected chi connectivity index (χ2v) is 12.1. The number of phenolic OH excluding ortho intramolecular Hbond substituents is 1. The molecule has 0 saturated heterocycles. The monoisotopic (exact) mass is 602 g/mol. The molecule has 3 aliphatic rings. The van der Waals surface area contributed by atoms with Gasteiger partial charge in [-0.3, -0.25) is 19.3 Å². The molecule has 230 valence electrons. The van der Waals surface area contributed by atoms with Crippen molar-refractivity contribution in [3.63, 3.8) is 0 Å². The van der Waals surface area contributed by atoms with Crippen LogP contribution in [0.25, 0.3) is 16.9 Å². The molecule has 2 aromatic rings. The fourth-order valence-electron chi connectivity index (χ4n) is 7.27. The van der Waals surface area contributed by atoms with E-state index in [-0.39, 0.29) is 17.7 Å². The lowest BCUT2D eigenvalue weighted by molar-refractivity contribution is -0.139. The number of carbonyl (C=O) groups excluding carboxylic acids is 3. The number of Topliss-reactive ketones (excluding diaryl/α,β-unsaturated/α-hetero) is 2. The lowest BCUT2D eigenvalue weighted by atomic mass is 9.47. The number of methoxy groups -OCH3 is 1. The molecular weight excluding hydrogens is 568 g/mol. The molecule has 4 atom stereocenters. The number of nitrogens with zero attached hydrogens (tertiary/aromatic N) is 3. The highest BCUT2D eigenvalue weighted by Gasteiger charge is 2.74. The van der Waals surface area contributed by atoms with Crippen molar-refractivity contribution in [2.75, 3.05) is 40.2 Å². The van der Waals surface area contributed by atoms with Gasteiger partial charge < -0.3 is 42.2 Å². The van der Waals surface area contributed by atoms with E-state index < -0.39 is 69.1 Å². The first kappa shape index (κ1) is 30.6. The van der Waals surface area contributed by atoms with Gasteiger partial charge in [-0.1, -0.05) is 12.1 Å². The Morgan fingerprint density at radius 3 is 2.20 bits per heavy atom. The third-order valence-corrected chi connectivity index (χ3v) is 9.11. The number of nitriles is 1. The average molecular weight is 603 g/mol. The largest absolute Gasteiger partial charge is 0.509 e. The third kappa shape index (κ3) is 3.71. The van der Waals surface area contributed by atoms with E-state index in [1.807, 2.05) is 0 Å². The predicted octanol–water partition coefficient (Wildman–Crippen LogP) is 0.647. The molecule has 1 fully saturated rings. The van der Waals surface area contributed by atoms with E-state index >= 15 is 0 Å². The van der Waals surface area contributed by atoms with E-state index in [1.165, 1.54) is 26.1 Å². The number of ether oxygens (including phenoxy) is 1. The Hall–Kier alpha value is -4.90. The molecule has 0 aromatic heterocycles. The van der Waals surface area contributed by atoms with Crippen molar-refractivity contribution in [2.45, 2.75) is 30.0 Å². The Labute approximate surface area is 253 Å². The second-order valence-electron chi connectivity index (χ2n) is 12.1. The van der Waals surface area contributed by atoms with Crippen LogP contribution < -0.4 is 26.8 Å². The van der Waals surface area contributed by atoms with Crippen LogP contribution >= 0.6 is 0 Å². The highest BCUT2D eigenvalue weighted by molar-refractivity contribution is 6.25. The van der Waals surface area contributed by atoms with Gasteiger partial charge in [-0.2, -0.15) is 5.26 Å². The van der Waals surface area contributed by atoms with Crippen LogP contribution in [0.15, 0.2) is 47.2 Å². The van der Waals surface area contributed by atoms with Gasteiger partial charge in [0.2, 0.25) is 0 Å². The van der Waals surface area contributed by atoms with Crippen LogP contribution in [-0.4, -0.2) is 90.1 Å². The zero-order chi connectivity index (χ0) is 32.7. The number of aliphatic hydroxyl groups is 2. The predicted molar refractivity (Wildman–Crippen MR) is 161 cm³/mol. The number of aliphatic hydroxyl groups excluding tert-OH is 2. The zero-order valence-electron chi connectivity index (χ0n) is 24.9. The van der Waals surface area contributed by atoms with Crippen LogP contribution in [0.3, 0.4) is 0 Å². The first-order chi connectivity index (χ1) is 20.5. The highest BCUT2D eigenvalue weighted by Crippen LogP contribution is 2.59. The second kappa shape index (κ2) is 9.81. The molecule has 44 heavy (non-hydrogen) atoms. The minimum absolute atomic E-state index is 0.0845. The van der Waals surface area contributed by atoms with Crippen molar-refractivity contribution in [2.24, 2.45) is 22.6 Å². The number of nitrogens with two attached hydrogens (primary N) is 3. The smallest absolute Gasteiger partial charge is 0.255 e. The van der Waals surface area contributed by atoms with Crippen molar-refractivity contribution >= 4 is 28.9 Å². The number of benzene rings is 2. The molecule has 0 bridgehead atoms. The lowest BCUT2D eigenvalue weighted by Gasteiger charge is -2.58. The number of primary amides is 1. The number of hydrogen-bond donors (Lipinski definition) is 6. The molecule has 0 radical (unpaired) electrons. The third-order valence-electron chi connectivity index (χ3n) is 9.11. The summed E-state index contributed by atoms with van der Waals surface area (Å²) in [6.45, 7) is 0. The summed E-state index contributed by atoms with van der Waals surface area (Å²) in [5.41, 5.74) is 13.0. The molecule has 2 aromatic carbocycles. The number of anilines is 1. The Morgan fingerprint density at radius 1 is 1.09 bits per heavy atom. The van der Waals surface area contributed by atoms with Gasteiger partial charge in [0.25, 0.3) is 5.91 Å². The summed E-state index contributed by atoms with van der Waals surface area (Å²) < 4.78 is 5.24. The van der Waals surface area contributed by atoms with Crippen LogP contribution in [0.5, 0.6) is 11.5 Å². The van der Waals surface area contributed by atoms with Gasteiger partial charge in [0.05, 0.1) is 41.4 Å². The molecule has 3 aliphatic carbocycles. The summed E-state index contributed by atoms with van der Waals surface area (Å²) in [5, 5.41) is 45.4. The minimum atomic E-state index is -2.72. The summed E-state index contributed by atoms with van der Waals surface area (Å²) >= 11 is 0. The van der Waals surface area contributed by atoms with E-state index in [4.69, 9.17) is 21.9 Å². The number of aromatic hydroxyl groups is 1. The molecule has 0 unspecified atom stereocenters. The maximum Gasteiger partial charge on any atom is 0.255 e. The lowest BCUT2D eigenvalue weighted by Crippen LogP contribution is -2.80. The molecule has 0 heterocycles. The van der Waals surface area contributed by atoms with Crippen LogP contribution in [0, 0.1) is 16.7 Å². The van der Waals surface area contributed by atoms with E-state index in [0.717, 1.165) is 0 Å². The number of fused-ring (bicyclic) bond motifs is 3. The number of likely N-dealkylation sites (N-methyl/N-ethyl adjacent to an activating group) is 1. The topological polar surface area (TPSA) is 229 Å². The van der Waals surface area contributed by atoms with Crippen molar-refractivity contribution in [3.05, 3.63) is 58.4 Å². The maximum atomic E-state index is 14.6. The van der Waals surface area contributed by atoms with E-state index in [1.54, 1.807) is 55.4 Å². The SMILES string of the molecule is COc1ccc(-c2cc(N(C)C)c3c(c2O)C(O)=C2C(=O)[C@]4(C#N)C(O)=C(C(N)=O)C(=O)[C@@H](N(C)C)[C@]4(N)C[C@]2(N)C3)cc1. The van der Waals surface area contributed by atoms with Crippen molar-refractivity contribution in [1.29, 1.82) is 5.26 Å². The van der Waals surface area contributed by atoms with Crippen LogP contribution in [0.1, 0.15) is 17.5 Å². The number of ketones is 2. The fraction of sp³-hybridized carbons (Fsp3) is 0.355. The van der Waals surface area contributed by atoms with E-state index in [2.05, 4.69) is 0 Å². The average Bonchev–Trinajstić information content (AvgIpc) is 2.92. The van der Waals surface area contributed by atoms with Crippen molar-refractivity contribution < 1.29 is 34.4 Å². The van der Waals surface area contributed by atoms with Gasteiger partial charge in [-0.25, -0.2) is 0 Å². The van der Waals surface area contributed by atoms with Crippen molar-refractivity contribution in [3.8, 4) is 28.7 Å². The molecule has 0 aliphatic heterocycles. The normalized spacial score (nSPS) is 27.8. The molecule has 1 amide bonds. The quantitative estimate of drug-likeness (QED) is 0.259. The number of amides is 1. The zero-order valence-corrected chi connectivity index (χ0v) is 24.9. The van der Waals surface area contributed by atoms with Gasteiger partial charge in [-0.15, -0.1) is 0 Å². The Kier molecular flexibility index (Phi) is 6.81. The summed E-state index contributed by atoms with van der Waals surface area (Å²) in [5.74, 6) is -5.18. The standard InChI is InChI=1S/C31H34N6O7/c1-36(2)18-10-16(14-6-8-15(44-5)9-7-14)22(38)19-17(18)11-29(34)12-31(35)25(37(3)4)24(40)20(28(33)43)26(41)30(31,13-32)27(42)21(29)23(19)39/h6-10,25,38-39,41H,11-12,34-35H2,1-5H3,(H2,33,43)/t25-,29-,30+,31-/m1/s1. The number of carbonyl (C=O) groups is 3. The summed E-state index contributed by atoms with van der Waals surface area (Å²) in [7, 11) is 7.98. The minimum Gasteiger partial charge on any atom is -0.509 e. The Morgan fingerprint density at radius 2 is 1.70 bits per heavy atom. The molecule has 5 rings (SSSR count). The van der Waals surface area contributed by atoms with Crippen LogP contribution in [0.4, 0.5) is 5.69 Å². The first-order valence-corrected chi connectivity index (χ1v) is 13.6. The van der Waals surface area contributed by atoms with E-state index in [0.29, 0.717) is 28.1 Å². The summed E-state index contributed by atoms with van der Waals surface area (Å²) in [6.07, 6.45) is -0.587. The van der Waals surface area contributed by atoms with Crippen LogP contribution in [0.2, 0.25) is 0 Å². The number of phenols is 1. The molecule has 9 N–H and O–H groups in total. The molecule has 13 nitrogen and oxygen atoms in total. The fourth-order valence-corrected chi connectivity index (χ4v) is 7.27. The van der Waals surface area contributed by atoms with Gasteiger partial charge in [-0.05, 0) is 56.3 Å². The first-order valence-electron chi connectivity index (χ1n) is 13.6. The van der Waals surface area contributed by atoms with Gasteiger partial charge in [0.1, 0.15) is 28.6 Å². The Bertz CT molecular complexity index is 1760. The Balaban J connectivity index is 1.86. The van der Waals surface area contributed by atoms with Gasteiger partial charge in [0.15, 0.2) is 17.0 Å². The highest BCUT2D eigenvalue weighted by atomic mass is 16.5. The van der Waals surface area contributed by atoms with Crippen molar-refractivity contribution in [1.82, 2.24) is 4.90 Å². The summed E-state index contributed by atoms with van der Waals surface area (Å²) in [6, 6.07) is 8.86. The number of rotatable bonds is 5. The van der Waals surface area contributed by atoms with Gasteiger partial charge in [0, 0.05) is 25.3 Å². The van der Waals surface area contributed by atoms with Crippen LogP contribution in [-0.2, 0) is 20.8 Å². The van der Waals surface area contributed by atoms with Gasteiger partial charge >= 0.3 is 0 Å². The van der Waals surface area contributed by atoms with E-state index in [9.17, 15) is 35.0 Å². The molecule has 1 saturated carbocycles. The molecule has 13 heteroatoms. The summed E-state index contributed by atoms with van der Waals surface area (Å²) in [4.78, 5) is 43.7. The molecular formula is C31H34N6O7. The molecule has 0 spiro atoms. The maximum absolute atomic E-state index is 14.6. The number of hydrogen-bond acceptors (Lipinski definition) is 12.